The zero-order valence-corrected chi connectivity index (χ0v) is 17.6. The minimum Gasteiger partial charge on any atom is -0.493 e. The molecule has 0 bridgehead atoms. The third-order valence-corrected chi connectivity index (χ3v) is 5.20. The largest absolute Gasteiger partial charge is 0.493 e. The van der Waals surface area contributed by atoms with E-state index in [2.05, 4.69) is 35.7 Å². The molecule has 1 unspecified atom stereocenters. The van der Waals surface area contributed by atoms with Gasteiger partial charge in [-0.05, 0) is 29.7 Å². The summed E-state index contributed by atoms with van der Waals surface area (Å²) in [6.07, 6.45) is 6.70. The van der Waals surface area contributed by atoms with Crippen LogP contribution in [0.25, 0.3) is 11.1 Å². The first-order valence-corrected chi connectivity index (χ1v) is 10.0. The molecule has 1 atom stereocenters. The summed E-state index contributed by atoms with van der Waals surface area (Å²) >= 11 is 0. The van der Waals surface area contributed by atoms with Gasteiger partial charge in [-0.25, -0.2) is 19.9 Å². The molecule has 0 radical (unpaired) electrons. The van der Waals surface area contributed by atoms with Crippen molar-refractivity contribution in [3.8, 4) is 28.5 Å². The Balaban J connectivity index is 1.63. The zero-order valence-electron chi connectivity index (χ0n) is 17.6. The molecule has 3 aromatic rings. The molecule has 1 spiro atoms. The highest BCUT2D eigenvalue weighted by molar-refractivity contribution is 5.77. The van der Waals surface area contributed by atoms with Crippen LogP contribution in [-0.2, 0) is 10.3 Å². The van der Waals surface area contributed by atoms with Gasteiger partial charge in [-0.15, -0.1) is 0 Å². The van der Waals surface area contributed by atoms with E-state index < -0.39 is 5.54 Å². The first kappa shape index (κ1) is 19.3. The van der Waals surface area contributed by atoms with Crippen molar-refractivity contribution in [2.45, 2.75) is 26.3 Å². The Morgan fingerprint density at radius 1 is 1.06 bits per heavy atom. The van der Waals surface area contributed by atoms with Gasteiger partial charge in [-0.2, -0.15) is 0 Å². The van der Waals surface area contributed by atoms with E-state index in [1.54, 1.807) is 18.6 Å². The standard InChI is InChI=1S/C23H23N5O3/c1-22(2,3)11-29-16-4-5-19-17(7-16)23(12-30-21(24)28-23)18-6-14(10-27-20(18)31-19)15-8-25-13-26-9-15/h4-10,13H,11-12H2,1-3H3,(H2,24,28). The number of rotatable bonds is 3. The quantitative estimate of drug-likeness (QED) is 0.693. The average molecular weight is 417 g/mol. The van der Waals surface area contributed by atoms with Gasteiger partial charge < -0.3 is 19.9 Å². The first-order valence-electron chi connectivity index (χ1n) is 10.0. The van der Waals surface area contributed by atoms with E-state index in [0.717, 1.165) is 28.0 Å². The van der Waals surface area contributed by atoms with Crippen molar-refractivity contribution in [3.63, 3.8) is 0 Å². The molecule has 2 N–H and O–H groups in total. The molecule has 2 aliphatic heterocycles. The molecule has 5 rings (SSSR count). The lowest BCUT2D eigenvalue weighted by Gasteiger charge is -2.33. The van der Waals surface area contributed by atoms with Crippen molar-refractivity contribution < 1.29 is 14.2 Å². The van der Waals surface area contributed by atoms with E-state index in [1.165, 1.54) is 6.33 Å². The van der Waals surface area contributed by atoms with Crippen molar-refractivity contribution >= 4 is 6.02 Å². The number of nitrogens with two attached hydrogens (primary N) is 1. The highest BCUT2D eigenvalue weighted by Gasteiger charge is 2.48. The lowest BCUT2D eigenvalue weighted by atomic mass is 9.81. The van der Waals surface area contributed by atoms with Gasteiger partial charge in [0, 0.05) is 35.3 Å². The van der Waals surface area contributed by atoms with Crippen LogP contribution in [0.3, 0.4) is 0 Å². The number of aliphatic imine (C=N–C) groups is 1. The van der Waals surface area contributed by atoms with Crippen molar-refractivity contribution in [2.75, 3.05) is 13.2 Å². The van der Waals surface area contributed by atoms with E-state index in [1.807, 2.05) is 24.3 Å². The van der Waals surface area contributed by atoms with Gasteiger partial charge in [0.2, 0.25) is 5.88 Å². The summed E-state index contributed by atoms with van der Waals surface area (Å²) in [6, 6.07) is 7.84. The number of aromatic nitrogens is 3. The highest BCUT2D eigenvalue weighted by Crippen LogP contribution is 2.51. The molecular formula is C23H23N5O3. The molecule has 8 nitrogen and oxygen atoms in total. The van der Waals surface area contributed by atoms with Crippen LogP contribution < -0.4 is 15.2 Å². The molecule has 31 heavy (non-hydrogen) atoms. The fourth-order valence-electron chi connectivity index (χ4n) is 3.70. The van der Waals surface area contributed by atoms with Crippen LogP contribution in [0.1, 0.15) is 31.9 Å². The van der Waals surface area contributed by atoms with Gasteiger partial charge in [0.25, 0.3) is 6.02 Å². The Morgan fingerprint density at radius 3 is 2.58 bits per heavy atom. The zero-order chi connectivity index (χ0) is 21.6. The molecule has 0 saturated heterocycles. The summed E-state index contributed by atoms with van der Waals surface area (Å²) in [6.45, 7) is 7.22. The van der Waals surface area contributed by atoms with Crippen LogP contribution in [0.5, 0.6) is 17.4 Å². The minimum atomic E-state index is -0.868. The van der Waals surface area contributed by atoms with Crippen LogP contribution in [0, 0.1) is 5.41 Å². The fraction of sp³-hybridized carbons (Fsp3) is 0.304. The molecule has 0 fully saturated rings. The van der Waals surface area contributed by atoms with Crippen molar-refractivity contribution in [1.82, 2.24) is 15.0 Å². The van der Waals surface area contributed by atoms with E-state index >= 15 is 0 Å². The molecule has 1 aromatic carbocycles. The van der Waals surface area contributed by atoms with Crippen LogP contribution in [0.15, 0.2) is 54.2 Å². The van der Waals surface area contributed by atoms with E-state index in [4.69, 9.17) is 24.9 Å². The Hall–Kier alpha value is -3.68. The predicted octanol–water partition coefficient (Wildman–Crippen LogP) is 3.66. The Labute approximate surface area is 180 Å². The molecule has 8 heteroatoms. The first-order chi connectivity index (χ1) is 14.8. The van der Waals surface area contributed by atoms with Crippen molar-refractivity contribution in [1.29, 1.82) is 0 Å². The maximum Gasteiger partial charge on any atom is 0.283 e. The van der Waals surface area contributed by atoms with Crippen LogP contribution in [0.2, 0.25) is 0 Å². The lowest BCUT2D eigenvalue weighted by Crippen LogP contribution is -2.31. The van der Waals surface area contributed by atoms with Crippen LogP contribution >= 0.6 is 0 Å². The second-order valence-electron chi connectivity index (χ2n) is 8.91. The smallest absolute Gasteiger partial charge is 0.283 e. The predicted molar refractivity (Wildman–Crippen MR) is 115 cm³/mol. The average Bonchev–Trinajstić information content (AvgIpc) is 3.15. The van der Waals surface area contributed by atoms with Gasteiger partial charge in [0.15, 0.2) is 5.54 Å². The van der Waals surface area contributed by atoms with Crippen molar-refractivity contribution in [2.24, 2.45) is 16.1 Å². The monoisotopic (exact) mass is 417 g/mol. The SMILES string of the molecule is CC(C)(C)COc1ccc2c(c1)C1(COC(N)=N1)c1cc(-c3cncnc3)cnc1O2. The minimum absolute atomic E-state index is 0.0340. The number of hydrogen-bond acceptors (Lipinski definition) is 8. The Morgan fingerprint density at radius 2 is 1.87 bits per heavy atom. The molecular weight excluding hydrogens is 394 g/mol. The summed E-state index contributed by atoms with van der Waals surface area (Å²) in [5.74, 6) is 1.86. The fourth-order valence-corrected chi connectivity index (χ4v) is 3.70. The number of nitrogens with zero attached hydrogens (tertiary/aromatic N) is 4. The number of ether oxygens (including phenoxy) is 3. The van der Waals surface area contributed by atoms with Gasteiger partial charge in [-0.3, -0.25) is 0 Å². The lowest BCUT2D eigenvalue weighted by molar-refractivity contribution is 0.197. The summed E-state index contributed by atoms with van der Waals surface area (Å²) in [5, 5.41) is 0. The Kier molecular flexibility index (Phi) is 4.32. The summed E-state index contributed by atoms with van der Waals surface area (Å²) in [5.41, 5.74) is 8.44. The molecule has 0 aliphatic carbocycles. The van der Waals surface area contributed by atoms with Gasteiger partial charge in [-0.1, -0.05) is 20.8 Å². The van der Waals surface area contributed by atoms with Crippen LogP contribution in [0.4, 0.5) is 0 Å². The third kappa shape index (κ3) is 3.43. The molecule has 0 saturated carbocycles. The van der Waals surface area contributed by atoms with Crippen molar-refractivity contribution in [3.05, 3.63) is 60.3 Å². The molecule has 2 aromatic heterocycles. The number of benzene rings is 1. The topological polar surface area (TPSA) is 105 Å². The molecule has 4 heterocycles. The van der Waals surface area contributed by atoms with Gasteiger partial charge in [0.1, 0.15) is 24.4 Å². The maximum atomic E-state index is 6.13. The molecule has 158 valence electrons. The normalized spacial score (nSPS) is 19.1. The number of amidine groups is 1. The highest BCUT2D eigenvalue weighted by atomic mass is 16.5. The van der Waals surface area contributed by atoms with Gasteiger partial charge >= 0.3 is 0 Å². The van der Waals surface area contributed by atoms with E-state index in [-0.39, 0.29) is 18.0 Å². The molecule has 2 aliphatic rings. The number of hydrogen-bond donors (Lipinski definition) is 1. The maximum absolute atomic E-state index is 6.13. The van der Waals surface area contributed by atoms with E-state index in [0.29, 0.717) is 18.2 Å². The third-order valence-electron chi connectivity index (χ3n) is 5.20. The summed E-state index contributed by atoms with van der Waals surface area (Å²) in [4.78, 5) is 17.5. The Bertz CT molecular complexity index is 1170. The second-order valence-corrected chi connectivity index (χ2v) is 8.91. The van der Waals surface area contributed by atoms with E-state index in [9.17, 15) is 0 Å². The number of fused-ring (bicyclic) bond motifs is 4. The van der Waals surface area contributed by atoms with Crippen LogP contribution in [-0.4, -0.2) is 34.2 Å². The second kappa shape index (κ2) is 6.94. The van der Waals surface area contributed by atoms with Gasteiger partial charge in [0.05, 0.1) is 12.2 Å². The summed E-state index contributed by atoms with van der Waals surface area (Å²) < 4.78 is 17.8. The summed E-state index contributed by atoms with van der Waals surface area (Å²) in [7, 11) is 0. The number of pyridine rings is 1. The molecule has 0 amide bonds.